The molecule has 184 valence electrons. The summed E-state index contributed by atoms with van der Waals surface area (Å²) >= 11 is 2.58. The average Bonchev–Trinajstić information content (AvgIpc) is 3.59. The summed E-state index contributed by atoms with van der Waals surface area (Å²) < 4.78 is 6.67. The van der Waals surface area contributed by atoms with Crippen LogP contribution in [0.15, 0.2) is 10.4 Å². The Morgan fingerprint density at radius 3 is 2.27 bits per heavy atom. The molecule has 7 nitrogen and oxygen atoms in total. The van der Waals surface area contributed by atoms with Crippen molar-refractivity contribution in [2.45, 2.75) is 99.4 Å². The summed E-state index contributed by atoms with van der Waals surface area (Å²) in [6.07, 6.45) is 16.0. The number of anilines is 1. The largest absolute Gasteiger partial charge is 0.481 e. The van der Waals surface area contributed by atoms with E-state index in [0.29, 0.717) is 17.2 Å². The van der Waals surface area contributed by atoms with Gasteiger partial charge in [-0.25, -0.2) is 9.78 Å². The second-order valence-corrected chi connectivity index (χ2v) is 12.1. The number of carbonyl (C=O) groups excluding carboxylic acids is 1. The van der Waals surface area contributed by atoms with E-state index in [2.05, 4.69) is 15.2 Å². The molecule has 2 amide bonds. The lowest BCUT2D eigenvalue weighted by molar-refractivity contribution is -0.133. The minimum Gasteiger partial charge on any atom is -0.481 e. The molecule has 1 aromatic rings. The summed E-state index contributed by atoms with van der Waals surface area (Å²) in [5.74, 6) is 0.504. The number of amides is 2. The topological polar surface area (TPSA) is 91.8 Å². The first-order chi connectivity index (χ1) is 16.0. The number of carbonyl (C=O) groups is 2. The van der Waals surface area contributed by atoms with Crippen molar-refractivity contribution in [1.29, 1.82) is 0 Å². The average molecular weight is 496 g/mol. The standard InChI is InChI=1S/C24H37N3O4S2/c1-31-22(16-8-9-16)17-10-12-19(13-11-17)27(18-6-4-2-3-5-7-18)24(30)26-23-25-14-21(33-23)32-15-20(28)29/h14,16-19,22H,2-13,15H2,1H3,(H,28,29)(H,25,26,30)/t17-,19-,22?. The van der Waals surface area contributed by atoms with Crippen LogP contribution in [0.25, 0.3) is 0 Å². The molecule has 0 saturated heterocycles. The number of aliphatic carboxylic acids is 1. The van der Waals surface area contributed by atoms with Gasteiger partial charge >= 0.3 is 12.0 Å². The van der Waals surface area contributed by atoms with E-state index in [9.17, 15) is 9.59 Å². The van der Waals surface area contributed by atoms with Crippen molar-refractivity contribution < 1.29 is 19.4 Å². The number of carboxylic acids is 1. The van der Waals surface area contributed by atoms with E-state index in [1.807, 2.05) is 7.11 Å². The number of hydrogen-bond acceptors (Lipinski definition) is 6. The van der Waals surface area contributed by atoms with E-state index in [-0.39, 0.29) is 23.9 Å². The van der Waals surface area contributed by atoms with E-state index in [4.69, 9.17) is 9.84 Å². The highest BCUT2D eigenvalue weighted by Gasteiger charge is 2.40. The summed E-state index contributed by atoms with van der Waals surface area (Å²) in [5.41, 5.74) is 0. The molecule has 3 fully saturated rings. The molecule has 3 aliphatic carbocycles. The van der Waals surface area contributed by atoms with Gasteiger partial charge in [-0.05, 0) is 63.2 Å². The Bertz CT molecular complexity index is 784. The minimum atomic E-state index is -0.855. The van der Waals surface area contributed by atoms with Gasteiger partial charge in [0.25, 0.3) is 0 Å². The lowest BCUT2D eigenvalue weighted by Crippen LogP contribution is -2.51. The molecule has 3 saturated carbocycles. The lowest BCUT2D eigenvalue weighted by Gasteiger charge is -2.42. The Balaban J connectivity index is 1.41. The van der Waals surface area contributed by atoms with Gasteiger partial charge < -0.3 is 14.7 Å². The van der Waals surface area contributed by atoms with Crippen LogP contribution < -0.4 is 5.32 Å². The smallest absolute Gasteiger partial charge is 0.324 e. The number of rotatable bonds is 9. The summed E-state index contributed by atoms with van der Waals surface area (Å²) in [5, 5.41) is 12.5. The summed E-state index contributed by atoms with van der Waals surface area (Å²) in [7, 11) is 1.86. The molecule has 1 heterocycles. The van der Waals surface area contributed by atoms with E-state index in [1.54, 1.807) is 6.20 Å². The molecule has 0 aliphatic heterocycles. The number of nitrogens with zero attached hydrogens (tertiary/aromatic N) is 2. The molecular formula is C24H37N3O4S2. The fourth-order valence-electron chi connectivity index (χ4n) is 5.74. The molecule has 0 bridgehead atoms. The van der Waals surface area contributed by atoms with Crippen molar-refractivity contribution in [1.82, 2.24) is 9.88 Å². The molecular weight excluding hydrogens is 458 g/mol. The minimum absolute atomic E-state index is 0.00363. The molecule has 0 aromatic carbocycles. The normalized spacial score (nSPS) is 25.2. The van der Waals surface area contributed by atoms with Crippen LogP contribution in [0.5, 0.6) is 0 Å². The molecule has 0 spiro atoms. The quantitative estimate of drug-likeness (QED) is 0.329. The summed E-state index contributed by atoms with van der Waals surface area (Å²) in [4.78, 5) is 30.9. The number of nitrogens with one attached hydrogen (secondary N) is 1. The predicted molar refractivity (Wildman–Crippen MR) is 132 cm³/mol. The predicted octanol–water partition coefficient (Wildman–Crippen LogP) is 5.86. The number of ether oxygens (including phenoxy) is 1. The maximum absolute atomic E-state index is 13.5. The first-order valence-corrected chi connectivity index (χ1v) is 14.3. The van der Waals surface area contributed by atoms with Gasteiger partial charge in [0.2, 0.25) is 0 Å². The fraction of sp³-hybridized carbons (Fsp3) is 0.792. The Morgan fingerprint density at radius 2 is 1.70 bits per heavy atom. The van der Waals surface area contributed by atoms with Crippen LogP contribution in [0.1, 0.15) is 77.0 Å². The van der Waals surface area contributed by atoms with Crippen molar-refractivity contribution in [3.05, 3.63) is 6.20 Å². The molecule has 1 unspecified atom stereocenters. The lowest BCUT2D eigenvalue weighted by atomic mass is 9.80. The van der Waals surface area contributed by atoms with Crippen molar-refractivity contribution in [2.75, 3.05) is 18.2 Å². The Hall–Kier alpha value is -1.32. The molecule has 9 heteroatoms. The molecule has 2 N–H and O–H groups in total. The Kier molecular flexibility index (Phi) is 8.93. The van der Waals surface area contributed by atoms with Crippen LogP contribution in [0.2, 0.25) is 0 Å². The molecule has 0 radical (unpaired) electrons. The Morgan fingerprint density at radius 1 is 1.09 bits per heavy atom. The number of methoxy groups -OCH3 is 1. The number of hydrogen-bond donors (Lipinski definition) is 2. The third kappa shape index (κ3) is 6.85. The first-order valence-electron chi connectivity index (χ1n) is 12.5. The monoisotopic (exact) mass is 495 g/mol. The van der Waals surface area contributed by atoms with Gasteiger partial charge in [-0.3, -0.25) is 10.1 Å². The van der Waals surface area contributed by atoms with E-state index in [1.165, 1.54) is 61.6 Å². The summed E-state index contributed by atoms with van der Waals surface area (Å²) in [6, 6.07) is 0.512. The van der Waals surface area contributed by atoms with E-state index >= 15 is 0 Å². The van der Waals surface area contributed by atoms with Gasteiger partial charge in [-0.2, -0.15) is 0 Å². The van der Waals surface area contributed by atoms with Crippen LogP contribution in [-0.4, -0.2) is 58.0 Å². The molecule has 4 rings (SSSR count). The van der Waals surface area contributed by atoms with Crippen LogP contribution in [0, 0.1) is 11.8 Å². The van der Waals surface area contributed by atoms with Gasteiger partial charge in [-0.1, -0.05) is 37.0 Å². The van der Waals surface area contributed by atoms with Crippen molar-refractivity contribution in [3.63, 3.8) is 0 Å². The van der Waals surface area contributed by atoms with Gasteiger partial charge in [0, 0.05) is 19.2 Å². The van der Waals surface area contributed by atoms with Crippen LogP contribution in [-0.2, 0) is 9.53 Å². The number of thiazole rings is 1. The number of thioether (sulfide) groups is 1. The van der Waals surface area contributed by atoms with Crippen molar-refractivity contribution >= 4 is 40.2 Å². The highest BCUT2D eigenvalue weighted by atomic mass is 32.2. The second kappa shape index (κ2) is 11.9. The maximum Gasteiger partial charge on any atom is 0.324 e. The van der Waals surface area contributed by atoms with Crippen molar-refractivity contribution in [2.24, 2.45) is 11.8 Å². The second-order valence-electron chi connectivity index (χ2n) is 9.76. The maximum atomic E-state index is 13.5. The molecule has 3 aliphatic rings. The third-order valence-electron chi connectivity index (χ3n) is 7.45. The van der Waals surface area contributed by atoms with Gasteiger partial charge in [0.05, 0.1) is 22.3 Å². The zero-order chi connectivity index (χ0) is 23.2. The van der Waals surface area contributed by atoms with Crippen LogP contribution >= 0.6 is 23.1 Å². The summed E-state index contributed by atoms with van der Waals surface area (Å²) in [6.45, 7) is 0. The fourth-order valence-corrected chi connectivity index (χ4v) is 7.32. The molecule has 1 atom stereocenters. The molecule has 33 heavy (non-hydrogen) atoms. The van der Waals surface area contributed by atoms with Crippen molar-refractivity contribution in [3.8, 4) is 0 Å². The van der Waals surface area contributed by atoms with Crippen LogP contribution in [0.4, 0.5) is 9.93 Å². The highest BCUT2D eigenvalue weighted by molar-refractivity contribution is 8.01. The van der Waals surface area contributed by atoms with E-state index in [0.717, 1.165) is 48.7 Å². The zero-order valence-corrected chi connectivity index (χ0v) is 21.2. The van der Waals surface area contributed by atoms with E-state index < -0.39 is 5.97 Å². The highest BCUT2D eigenvalue weighted by Crippen LogP contribution is 2.43. The van der Waals surface area contributed by atoms with Gasteiger partial charge in [0.15, 0.2) is 5.13 Å². The number of urea groups is 1. The number of aromatic nitrogens is 1. The SMILES string of the molecule is COC(C1CC1)[C@H]1CC[C@H](N(C(=O)Nc2ncc(SCC(=O)O)s2)C2CCCCCC2)CC1. The first kappa shape index (κ1) is 24.8. The molecule has 1 aromatic heterocycles. The third-order valence-corrected chi connectivity index (χ3v) is 9.54. The number of carboxylic acid groups (broad SMARTS) is 1. The van der Waals surface area contributed by atoms with Crippen LogP contribution in [0.3, 0.4) is 0 Å². The van der Waals surface area contributed by atoms with Gasteiger partial charge in [0.1, 0.15) is 0 Å². The zero-order valence-electron chi connectivity index (χ0n) is 19.5. The van der Waals surface area contributed by atoms with Gasteiger partial charge in [-0.15, -0.1) is 11.8 Å². The Labute approximate surface area is 205 Å².